The molecule has 0 N–H and O–H groups in total. The highest BCUT2D eigenvalue weighted by Crippen LogP contribution is 2.29. The lowest BCUT2D eigenvalue weighted by molar-refractivity contribution is -0.140. The van der Waals surface area contributed by atoms with Gasteiger partial charge in [0.25, 0.3) is 0 Å². The van der Waals surface area contributed by atoms with Crippen LogP contribution in [-0.4, -0.2) is 25.3 Å². The topological polar surface area (TPSA) is 38.8 Å². The Balaban J connectivity index is 2.49. The lowest BCUT2D eigenvalue weighted by atomic mass is 10.1. The van der Waals surface area contributed by atoms with Crippen LogP contribution in [0.25, 0.3) is 0 Å². The zero-order valence-electron chi connectivity index (χ0n) is 25.1. The molecule has 0 radical (unpaired) electrons. The molecule has 1 saturated heterocycles. The van der Waals surface area contributed by atoms with Crippen LogP contribution in [0.4, 0.5) is 0 Å². The Morgan fingerprint density at radius 1 is 1.12 bits per heavy atom. The van der Waals surface area contributed by atoms with E-state index in [4.69, 9.17) is 19.8 Å². The molecule has 136 valence electrons. The molecule has 1 rings (SSSR count). The number of carbonyl (C=O) groups excluding carboxylic acids is 1. The van der Waals surface area contributed by atoms with E-state index in [1.165, 1.54) is 13.2 Å². The summed E-state index contributed by atoms with van der Waals surface area (Å²) in [5, 5.41) is 0. The van der Waals surface area contributed by atoms with E-state index in [2.05, 4.69) is 4.74 Å². The van der Waals surface area contributed by atoms with Crippen molar-refractivity contribution >= 4 is 5.97 Å². The van der Waals surface area contributed by atoms with Gasteiger partial charge in [0, 0.05) is 21.5 Å². The Bertz CT molecular complexity index is 786. The molecule has 0 saturated carbocycles. The molecular formula is C21H34O3. The van der Waals surface area contributed by atoms with Crippen LogP contribution < -0.4 is 0 Å². The molecule has 3 heteroatoms. The average molecular weight is 346 g/mol. The molecule has 1 aliphatic heterocycles. The zero-order valence-corrected chi connectivity index (χ0v) is 14.1. The fraction of sp³-hybridized carbons (Fsp3) is 0.667. The van der Waals surface area contributed by atoms with Crippen molar-refractivity contribution in [2.24, 2.45) is 0 Å². The van der Waals surface area contributed by atoms with Crippen LogP contribution in [0, 0.1) is 0 Å². The van der Waals surface area contributed by atoms with E-state index in [0.717, 1.165) is 25.3 Å². The molecule has 0 aliphatic carbocycles. The summed E-state index contributed by atoms with van der Waals surface area (Å²) in [6.07, 6.45) is -0.389. The SMILES string of the molecule is [2H]C([2H])([2H])C([2H])([2H])C([2H])([2H])C([2H])([2H])C([2H])([2H])/C=C\C[C@H]1O[C@H]1C/C=C\C/C=C\CCCC(=O)OC. The summed E-state index contributed by atoms with van der Waals surface area (Å²) in [6, 6.07) is 0. The van der Waals surface area contributed by atoms with Crippen molar-refractivity contribution in [3.8, 4) is 0 Å². The van der Waals surface area contributed by atoms with Crippen molar-refractivity contribution in [2.45, 2.75) is 83.1 Å². The average Bonchev–Trinajstić information content (AvgIpc) is 3.48. The first-order valence-corrected chi connectivity index (χ1v) is 8.12. The first-order chi connectivity index (χ1) is 15.9. The summed E-state index contributed by atoms with van der Waals surface area (Å²) in [7, 11) is 1.36. The number of epoxide rings is 1. The Kier molecular flexibility index (Phi) is 5.48. The molecule has 1 heterocycles. The fourth-order valence-electron chi connectivity index (χ4n) is 2.05. The highest BCUT2D eigenvalue weighted by molar-refractivity contribution is 5.69. The van der Waals surface area contributed by atoms with Crippen molar-refractivity contribution in [2.75, 3.05) is 7.11 Å². The van der Waals surface area contributed by atoms with Crippen LogP contribution in [-0.2, 0) is 14.3 Å². The highest BCUT2D eigenvalue weighted by atomic mass is 16.6. The predicted molar refractivity (Wildman–Crippen MR) is 99.9 cm³/mol. The molecule has 0 bridgehead atoms. The van der Waals surface area contributed by atoms with Gasteiger partial charge in [0.1, 0.15) is 0 Å². The fourth-order valence-corrected chi connectivity index (χ4v) is 2.05. The monoisotopic (exact) mass is 345 g/mol. The third-order valence-electron chi connectivity index (χ3n) is 3.41. The number of carbonyl (C=O) groups is 1. The molecule has 0 spiro atoms. The lowest BCUT2D eigenvalue weighted by Gasteiger charge is -1.95. The lowest BCUT2D eigenvalue weighted by Crippen LogP contribution is -1.98. The van der Waals surface area contributed by atoms with E-state index in [-0.39, 0.29) is 24.6 Å². The van der Waals surface area contributed by atoms with E-state index in [1.54, 1.807) is 0 Å². The largest absolute Gasteiger partial charge is 0.469 e. The molecule has 0 aromatic carbocycles. The van der Waals surface area contributed by atoms with Gasteiger partial charge >= 0.3 is 5.97 Å². The van der Waals surface area contributed by atoms with Crippen LogP contribution in [0.5, 0.6) is 0 Å². The number of ether oxygens (including phenoxy) is 2. The minimum atomic E-state index is -3.64. The summed E-state index contributed by atoms with van der Waals surface area (Å²) >= 11 is 0. The second-order valence-corrected chi connectivity index (χ2v) is 5.25. The van der Waals surface area contributed by atoms with Crippen molar-refractivity contribution in [3.05, 3.63) is 36.5 Å². The van der Waals surface area contributed by atoms with Crippen LogP contribution in [0.15, 0.2) is 36.5 Å². The van der Waals surface area contributed by atoms with E-state index in [0.29, 0.717) is 12.8 Å². The number of hydrogen-bond acceptors (Lipinski definition) is 3. The Morgan fingerprint density at radius 2 is 1.88 bits per heavy atom. The number of esters is 1. The van der Waals surface area contributed by atoms with E-state index >= 15 is 0 Å². The number of methoxy groups -OCH3 is 1. The Hall–Kier alpha value is -1.35. The maximum atomic E-state index is 11.0. The van der Waals surface area contributed by atoms with Crippen LogP contribution >= 0.6 is 0 Å². The van der Waals surface area contributed by atoms with Gasteiger partial charge in [0.2, 0.25) is 0 Å². The van der Waals surface area contributed by atoms with Gasteiger partial charge in [-0.1, -0.05) is 56.1 Å². The number of hydrogen-bond donors (Lipinski definition) is 0. The molecule has 1 fully saturated rings. The minimum absolute atomic E-state index is 0.0707. The zero-order chi connectivity index (χ0) is 27.1. The van der Waals surface area contributed by atoms with Gasteiger partial charge in [-0.3, -0.25) is 4.79 Å². The minimum Gasteiger partial charge on any atom is -0.469 e. The van der Waals surface area contributed by atoms with Crippen molar-refractivity contribution < 1.29 is 29.3 Å². The predicted octanol–water partition coefficient (Wildman–Crippen LogP) is 5.52. The van der Waals surface area contributed by atoms with Crippen LogP contribution in [0.2, 0.25) is 0 Å². The quantitative estimate of drug-likeness (QED) is 0.180. The van der Waals surface area contributed by atoms with Crippen LogP contribution in [0.1, 0.15) is 85.9 Å². The van der Waals surface area contributed by atoms with Gasteiger partial charge in [-0.15, -0.1) is 0 Å². The molecule has 0 amide bonds. The maximum absolute atomic E-state index is 11.0. The van der Waals surface area contributed by atoms with E-state index in [1.807, 2.05) is 24.3 Å². The second-order valence-electron chi connectivity index (χ2n) is 5.25. The third kappa shape index (κ3) is 11.2. The number of unbranched alkanes of at least 4 members (excludes halogenated alkanes) is 1. The smallest absolute Gasteiger partial charge is 0.305 e. The maximum Gasteiger partial charge on any atom is 0.305 e. The molecule has 0 unspecified atom stereocenters. The van der Waals surface area contributed by atoms with Crippen LogP contribution in [0.3, 0.4) is 0 Å². The summed E-state index contributed by atoms with van der Waals surface area (Å²) < 4.78 is 94.3. The normalized spacial score (nSPS) is 30.1. The van der Waals surface area contributed by atoms with Gasteiger partial charge in [0.05, 0.1) is 19.3 Å². The molecule has 1 aliphatic rings. The van der Waals surface area contributed by atoms with Crippen molar-refractivity contribution in [1.82, 2.24) is 0 Å². The first kappa shape index (κ1) is 9.38. The summed E-state index contributed by atoms with van der Waals surface area (Å²) in [5.41, 5.74) is 0. The van der Waals surface area contributed by atoms with Crippen molar-refractivity contribution in [1.29, 1.82) is 0 Å². The first-order valence-electron chi connectivity index (χ1n) is 13.6. The Labute approximate surface area is 163 Å². The molecular weight excluding hydrogens is 300 g/mol. The standard InChI is InChI=1S/C21H34O3/c1-3-4-5-6-10-13-16-19-20(24-19)17-14-11-8-7-9-12-15-18-21(22)23-2/h7,9-11,13-14,19-20H,3-6,8,12,15-18H2,1-2H3/b9-7-,13-10-,14-11-/t19-,20+/m1/s1/i1D3,3D2,4D2,5D2,6D2. The Morgan fingerprint density at radius 3 is 2.62 bits per heavy atom. The summed E-state index contributed by atoms with van der Waals surface area (Å²) in [4.78, 5) is 11.0. The molecule has 24 heavy (non-hydrogen) atoms. The number of allylic oxidation sites excluding steroid dienone is 4. The molecule has 0 aromatic heterocycles. The number of rotatable bonds is 14. The van der Waals surface area contributed by atoms with Gasteiger partial charge in [-0.2, -0.15) is 0 Å². The van der Waals surface area contributed by atoms with Gasteiger partial charge in [-0.05, 0) is 44.8 Å². The van der Waals surface area contributed by atoms with E-state index < -0.39 is 32.3 Å². The van der Waals surface area contributed by atoms with Crippen molar-refractivity contribution in [3.63, 3.8) is 0 Å². The molecule has 3 nitrogen and oxygen atoms in total. The summed E-state index contributed by atoms with van der Waals surface area (Å²) in [6.45, 7) is -3.48. The highest BCUT2D eigenvalue weighted by Gasteiger charge is 2.35. The third-order valence-corrected chi connectivity index (χ3v) is 3.41. The van der Waals surface area contributed by atoms with Gasteiger partial charge in [0.15, 0.2) is 0 Å². The molecule has 0 aromatic rings. The van der Waals surface area contributed by atoms with Gasteiger partial charge < -0.3 is 9.47 Å². The second kappa shape index (κ2) is 14.0. The van der Waals surface area contributed by atoms with E-state index in [9.17, 15) is 4.79 Å². The van der Waals surface area contributed by atoms with Gasteiger partial charge in [-0.25, -0.2) is 0 Å². The summed E-state index contributed by atoms with van der Waals surface area (Å²) in [5.74, 6) is -0.223. The molecule has 2 atom stereocenters.